The van der Waals surface area contributed by atoms with Crippen molar-refractivity contribution < 1.29 is 4.74 Å². The Labute approximate surface area is 199 Å². The molecule has 6 heteroatoms. The lowest BCUT2D eigenvalue weighted by Crippen LogP contribution is -2.34. The number of nitrogens with one attached hydrogen (secondary N) is 3. The van der Waals surface area contributed by atoms with Crippen molar-refractivity contribution >= 4 is 11.0 Å². The molecule has 4 unspecified atom stereocenters. The normalized spacial score (nSPS) is 26.1. The fraction of sp³-hybridized carbons (Fsp3) is 0.357. The minimum absolute atomic E-state index is 0.158. The molecule has 2 aromatic heterocycles. The SMILES string of the molecule is c1cc2cc(c1)-c1cccc3[nH]c(nc13)C1NNC3CCC(CC31)c1cncc(c1)OCCC2. The third-order valence-electron chi connectivity index (χ3n) is 7.90. The summed E-state index contributed by atoms with van der Waals surface area (Å²) >= 11 is 0. The molecule has 1 aliphatic carbocycles. The first kappa shape index (κ1) is 20.2. The number of hydrogen-bond acceptors (Lipinski definition) is 5. The van der Waals surface area contributed by atoms with Crippen LogP contribution in [-0.4, -0.2) is 27.6 Å². The minimum atomic E-state index is 0.158. The van der Waals surface area contributed by atoms with Crippen molar-refractivity contribution in [3.05, 3.63) is 77.9 Å². The van der Waals surface area contributed by atoms with E-state index in [4.69, 9.17) is 9.72 Å². The molecule has 4 atom stereocenters. The van der Waals surface area contributed by atoms with Crippen molar-refractivity contribution in [1.82, 2.24) is 25.8 Å². The Morgan fingerprint density at radius 3 is 2.94 bits per heavy atom. The summed E-state index contributed by atoms with van der Waals surface area (Å²) in [6.45, 7) is 0.693. The van der Waals surface area contributed by atoms with Gasteiger partial charge in [0.15, 0.2) is 0 Å². The molecule has 2 aliphatic heterocycles. The van der Waals surface area contributed by atoms with Crippen molar-refractivity contribution in [2.24, 2.45) is 5.92 Å². The van der Waals surface area contributed by atoms with Crippen LogP contribution in [0, 0.1) is 5.92 Å². The largest absolute Gasteiger partial charge is 0.492 e. The molecule has 8 bridgehead atoms. The van der Waals surface area contributed by atoms with Gasteiger partial charge in [0, 0.05) is 17.8 Å². The second-order valence-corrected chi connectivity index (χ2v) is 9.98. The molecule has 2 aromatic carbocycles. The van der Waals surface area contributed by atoms with E-state index < -0.39 is 0 Å². The lowest BCUT2D eigenvalue weighted by atomic mass is 9.73. The maximum absolute atomic E-state index is 6.12. The van der Waals surface area contributed by atoms with Crippen LogP contribution in [0.1, 0.15) is 54.6 Å². The number of hydrazine groups is 1. The topological polar surface area (TPSA) is 74.9 Å². The molecule has 1 saturated carbocycles. The third-order valence-corrected chi connectivity index (χ3v) is 7.90. The van der Waals surface area contributed by atoms with Crippen LogP contribution in [0.4, 0.5) is 0 Å². The van der Waals surface area contributed by atoms with E-state index in [9.17, 15) is 0 Å². The number of aromatic amines is 1. The molecule has 3 N–H and O–H groups in total. The van der Waals surface area contributed by atoms with Crippen LogP contribution in [0.2, 0.25) is 0 Å². The summed E-state index contributed by atoms with van der Waals surface area (Å²) in [5.41, 5.74) is 14.3. The van der Waals surface area contributed by atoms with Gasteiger partial charge in [0.1, 0.15) is 11.6 Å². The summed E-state index contributed by atoms with van der Waals surface area (Å²) in [6, 6.07) is 18.1. The number of hydrogen-bond donors (Lipinski definition) is 3. The Morgan fingerprint density at radius 1 is 0.971 bits per heavy atom. The summed E-state index contributed by atoms with van der Waals surface area (Å²) in [5.74, 6) is 2.86. The van der Waals surface area contributed by atoms with Crippen molar-refractivity contribution in [2.75, 3.05) is 6.61 Å². The first-order valence-corrected chi connectivity index (χ1v) is 12.5. The number of aryl methyl sites for hydroxylation is 1. The van der Waals surface area contributed by atoms with Gasteiger partial charge in [-0.05, 0) is 72.8 Å². The maximum Gasteiger partial charge on any atom is 0.137 e. The van der Waals surface area contributed by atoms with Crippen LogP contribution in [0.5, 0.6) is 5.75 Å². The van der Waals surface area contributed by atoms with E-state index >= 15 is 0 Å². The zero-order valence-electron chi connectivity index (χ0n) is 19.1. The summed E-state index contributed by atoms with van der Waals surface area (Å²) in [7, 11) is 0. The molecule has 0 radical (unpaired) electrons. The predicted octanol–water partition coefficient (Wildman–Crippen LogP) is 5.05. The maximum atomic E-state index is 6.12. The molecule has 172 valence electrons. The molecular formula is C28H29N5O. The number of rotatable bonds is 0. The molecule has 4 heterocycles. The van der Waals surface area contributed by atoms with Gasteiger partial charge in [-0.3, -0.25) is 10.4 Å². The van der Waals surface area contributed by atoms with E-state index in [0.717, 1.165) is 54.7 Å². The number of H-pyrrole nitrogens is 1. The van der Waals surface area contributed by atoms with Gasteiger partial charge in [-0.15, -0.1) is 0 Å². The van der Waals surface area contributed by atoms with Crippen LogP contribution >= 0.6 is 0 Å². The van der Waals surface area contributed by atoms with Gasteiger partial charge >= 0.3 is 0 Å². The van der Waals surface area contributed by atoms with E-state index in [1.165, 1.54) is 22.3 Å². The first-order chi connectivity index (χ1) is 16.8. The summed E-state index contributed by atoms with van der Waals surface area (Å²) in [6.07, 6.45) is 9.23. The number of nitrogens with zero attached hydrogens (tertiary/aromatic N) is 2. The molecule has 7 rings (SSSR count). The number of ether oxygens (including phenoxy) is 1. The van der Waals surface area contributed by atoms with E-state index in [2.05, 4.69) is 69.4 Å². The molecule has 0 amide bonds. The number of fused-ring (bicyclic) bond motifs is 9. The highest BCUT2D eigenvalue weighted by Crippen LogP contribution is 2.44. The number of imidazole rings is 1. The minimum Gasteiger partial charge on any atom is -0.492 e. The quantitative estimate of drug-likeness (QED) is 0.349. The Kier molecular flexibility index (Phi) is 4.88. The highest BCUT2D eigenvalue weighted by molar-refractivity contribution is 5.92. The number of pyridine rings is 1. The Morgan fingerprint density at radius 2 is 1.94 bits per heavy atom. The Hall–Kier alpha value is -3.22. The van der Waals surface area contributed by atoms with E-state index in [1.807, 2.05) is 12.4 Å². The third kappa shape index (κ3) is 3.49. The van der Waals surface area contributed by atoms with Gasteiger partial charge in [-0.2, -0.15) is 0 Å². The molecular weight excluding hydrogens is 422 g/mol. The molecule has 0 spiro atoms. The molecule has 4 aromatic rings. The number of benzene rings is 2. The Balaban J connectivity index is 1.34. The van der Waals surface area contributed by atoms with Crippen molar-refractivity contribution in [3.63, 3.8) is 0 Å². The average Bonchev–Trinajstić information content (AvgIpc) is 3.50. The highest BCUT2D eigenvalue weighted by atomic mass is 16.5. The van der Waals surface area contributed by atoms with Crippen LogP contribution < -0.4 is 15.6 Å². The van der Waals surface area contributed by atoms with Crippen molar-refractivity contribution in [3.8, 4) is 16.9 Å². The number of aromatic nitrogens is 3. The van der Waals surface area contributed by atoms with Crippen molar-refractivity contribution in [2.45, 2.75) is 50.1 Å². The fourth-order valence-corrected chi connectivity index (χ4v) is 6.16. The van der Waals surface area contributed by atoms with Gasteiger partial charge in [0.2, 0.25) is 0 Å². The van der Waals surface area contributed by atoms with Gasteiger partial charge in [0.05, 0.1) is 29.9 Å². The molecule has 6 nitrogen and oxygen atoms in total. The van der Waals surface area contributed by atoms with Crippen molar-refractivity contribution in [1.29, 1.82) is 0 Å². The lowest BCUT2D eigenvalue weighted by molar-refractivity contribution is 0.273. The van der Waals surface area contributed by atoms with Crippen LogP contribution in [0.25, 0.3) is 22.2 Å². The standard InChI is InChI=1S/C28H29N5O/c1-4-17-5-3-11-34-21-13-20(15-29-16-21)18-9-10-24-23(14-18)27(33-32-24)28-30-25-8-2-7-22(26(25)31-28)19(6-1)12-17/h1-2,4,6-8,12-13,15-16,18,23-24,27,32-33H,3,5,9-11,14H2,(H,30,31). The van der Waals surface area contributed by atoms with Gasteiger partial charge in [-0.1, -0.05) is 36.4 Å². The molecule has 1 saturated heterocycles. The summed E-state index contributed by atoms with van der Waals surface area (Å²) in [5, 5.41) is 0. The van der Waals surface area contributed by atoms with E-state index in [0.29, 0.717) is 24.5 Å². The molecule has 3 aliphatic rings. The Bertz CT molecular complexity index is 1350. The van der Waals surface area contributed by atoms with Gasteiger partial charge in [-0.25, -0.2) is 10.4 Å². The number of para-hydroxylation sites is 1. The first-order valence-electron chi connectivity index (χ1n) is 12.5. The zero-order valence-corrected chi connectivity index (χ0v) is 19.1. The van der Waals surface area contributed by atoms with E-state index in [1.54, 1.807) is 0 Å². The second kappa shape index (κ2) is 8.22. The second-order valence-electron chi connectivity index (χ2n) is 9.98. The van der Waals surface area contributed by atoms with Crippen LogP contribution in [-0.2, 0) is 6.42 Å². The zero-order chi connectivity index (χ0) is 22.5. The monoisotopic (exact) mass is 451 g/mol. The summed E-state index contributed by atoms with van der Waals surface area (Å²) in [4.78, 5) is 13.3. The lowest BCUT2D eigenvalue weighted by Gasteiger charge is -2.33. The van der Waals surface area contributed by atoms with E-state index in [-0.39, 0.29) is 6.04 Å². The highest BCUT2D eigenvalue weighted by Gasteiger charge is 2.42. The summed E-state index contributed by atoms with van der Waals surface area (Å²) < 4.78 is 6.12. The predicted molar refractivity (Wildman–Crippen MR) is 132 cm³/mol. The molecule has 2 fully saturated rings. The van der Waals surface area contributed by atoms with Gasteiger partial charge in [0.25, 0.3) is 0 Å². The fourth-order valence-electron chi connectivity index (χ4n) is 6.16. The van der Waals surface area contributed by atoms with Crippen LogP contribution in [0.3, 0.4) is 0 Å². The molecule has 34 heavy (non-hydrogen) atoms. The smallest absolute Gasteiger partial charge is 0.137 e. The average molecular weight is 452 g/mol. The van der Waals surface area contributed by atoms with Gasteiger partial charge < -0.3 is 9.72 Å². The van der Waals surface area contributed by atoms with Crippen LogP contribution in [0.15, 0.2) is 60.9 Å².